The Labute approximate surface area is 186 Å². The number of hydrogen-bond donors (Lipinski definition) is 2. The Bertz CT molecular complexity index is 1250. The van der Waals surface area contributed by atoms with E-state index in [1.165, 1.54) is 0 Å². The van der Waals surface area contributed by atoms with Crippen molar-refractivity contribution in [3.63, 3.8) is 0 Å². The summed E-state index contributed by atoms with van der Waals surface area (Å²) >= 11 is 0. The van der Waals surface area contributed by atoms with Crippen molar-refractivity contribution in [3.8, 4) is 11.4 Å². The predicted octanol–water partition coefficient (Wildman–Crippen LogP) is 4.40. The molecule has 0 bridgehead atoms. The second-order valence-electron chi connectivity index (χ2n) is 7.74. The van der Waals surface area contributed by atoms with Crippen molar-refractivity contribution in [2.45, 2.75) is 13.3 Å². The molecule has 0 atom stereocenters. The molecule has 1 saturated heterocycles. The molecule has 0 aliphatic carbocycles. The zero-order chi connectivity index (χ0) is 21.9. The van der Waals surface area contributed by atoms with Crippen LogP contribution in [0.3, 0.4) is 0 Å². The van der Waals surface area contributed by atoms with Crippen LogP contribution in [0.15, 0.2) is 60.7 Å². The predicted molar refractivity (Wildman–Crippen MR) is 125 cm³/mol. The van der Waals surface area contributed by atoms with Gasteiger partial charge in [0.1, 0.15) is 11.6 Å². The first kappa shape index (κ1) is 20.2. The zero-order valence-corrected chi connectivity index (χ0v) is 18.0. The van der Waals surface area contributed by atoms with Crippen molar-refractivity contribution in [3.05, 3.63) is 71.9 Å². The van der Waals surface area contributed by atoms with Gasteiger partial charge in [0, 0.05) is 29.7 Å². The molecule has 2 aromatic heterocycles. The monoisotopic (exact) mass is 427 g/mol. The van der Waals surface area contributed by atoms with Gasteiger partial charge in [-0.25, -0.2) is 9.97 Å². The number of aromatic nitrogens is 3. The smallest absolute Gasteiger partial charge is 0.255 e. The van der Waals surface area contributed by atoms with Gasteiger partial charge in [0.2, 0.25) is 0 Å². The number of morpholine rings is 1. The summed E-state index contributed by atoms with van der Waals surface area (Å²) in [7, 11) is 0. The SMILES string of the molecule is CCc1[nH]c(Nc2nc(-c3ccccc3)nc3ccccc23)cc1C(=O)N1CCOCC1. The number of amides is 1. The number of fused-ring (bicyclic) bond motifs is 1. The number of benzene rings is 2. The average Bonchev–Trinajstić information content (AvgIpc) is 3.27. The van der Waals surface area contributed by atoms with Crippen LogP contribution in [-0.4, -0.2) is 52.1 Å². The highest BCUT2D eigenvalue weighted by Gasteiger charge is 2.23. The minimum Gasteiger partial charge on any atom is -0.378 e. The highest BCUT2D eigenvalue weighted by atomic mass is 16.5. The van der Waals surface area contributed by atoms with Gasteiger partial charge < -0.3 is 19.9 Å². The summed E-state index contributed by atoms with van der Waals surface area (Å²) in [5.74, 6) is 2.12. The average molecular weight is 428 g/mol. The van der Waals surface area contributed by atoms with Gasteiger partial charge in [0.25, 0.3) is 5.91 Å². The molecule has 5 rings (SSSR count). The maximum atomic E-state index is 13.1. The van der Waals surface area contributed by atoms with Crippen molar-refractivity contribution in [2.24, 2.45) is 0 Å². The van der Waals surface area contributed by atoms with Crippen LogP contribution in [0.5, 0.6) is 0 Å². The van der Waals surface area contributed by atoms with Crippen LogP contribution in [0, 0.1) is 0 Å². The number of carbonyl (C=O) groups excluding carboxylic acids is 1. The number of para-hydroxylation sites is 1. The minimum absolute atomic E-state index is 0.0342. The summed E-state index contributed by atoms with van der Waals surface area (Å²) in [6.45, 7) is 4.44. The third-order valence-electron chi connectivity index (χ3n) is 5.67. The summed E-state index contributed by atoms with van der Waals surface area (Å²) in [5.41, 5.74) is 3.41. The number of anilines is 2. The van der Waals surface area contributed by atoms with Crippen molar-refractivity contribution in [2.75, 3.05) is 31.6 Å². The molecular weight excluding hydrogens is 402 g/mol. The second kappa shape index (κ2) is 8.80. The van der Waals surface area contributed by atoms with Gasteiger partial charge in [0.15, 0.2) is 5.82 Å². The molecule has 1 amide bonds. The molecule has 4 aromatic rings. The van der Waals surface area contributed by atoms with E-state index in [0.29, 0.717) is 43.5 Å². The lowest BCUT2D eigenvalue weighted by atomic mass is 10.1. The van der Waals surface area contributed by atoms with Gasteiger partial charge in [0.05, 0.1) is 24.3 Å². The highest BCUT2D eigenvalue weighted by molar-refractivity contribution is 5.97. The molecular formula is C25H25N5O2. The molecule has 1 fully saturated rings. The van der Waals surface area contributed by atoms with Crippen molar-refractivity contribution >= 4 is 28.4 Å². The second-order valence-corrected chi connectivity index (χ2v) is 7.74. The standard InChI is InChI=1S/C25H25N5O2/c1-2-20-19(25(31)30-12-14-32-15-13-30)16-22(26-20)28-24-18-10-6-7-11-21(18)27-23(29-24)17-8-4-3-5-9-17/h3-11,16,26H,2,12-15H2,1H3,(H,27,28,29). The fraction of sp³-hybridized carbons (Fsp3) is 0.240. The molecule has 7 heteroatoms. The van der Waals surface area contributed by atoms with E-state index in [9.17, 15) is 4.79 Å². The van der Waals surface area contributed by atoms with E-state index < -0.39 is 0 Å². The van der Waals surface area contributed by atoms with Crippen molar-refractivity contribution in [1.29, 1.82) is 0 Å². The van der Waals surface area contributed by atoms with Crippen LogP contribution >= 0.6 is 0 Å². The maximum absolute atomic E-state index is 13.1. The minimum atomic E-state index is 0.0342. The molecule has 32 heavy (non-hydrogen) atoms. The van der Waals surface area contributed by atoms with Crippen LogP contribution in [0.1, 0.15) is 23.0 Å². The molecule has 162 valence electrons. The van der Waals surface area contributed by atoms with Crippen LogP contribution in [-0.2, 0) is 11.2 Å². The highest BCUT2D eigenvalue weighted by Crippen LogP contribution is 2.28. The van der Waals surface area contributed by atoms with Gasteiger partial charge in [-0.15, -0.1) is 0 Å². The number of hydrogen-bond acceptors (Lipinski definition) is 5. The summed E-state index contributed by atoms with van der Waals surface area (Å²) in [5, 5.41) is 4.33. The van der Waals surface area contributed by atoms with Gasteiger partial charge in [-0.1, -0.05) is 49.4 Å². The van der Waals surface area contributed by atoms with Crippen LogP contribution in [0.4, 0.5) is 11.6 Å². The number of rotatable bonds is 5. The Morgan fingerprint density at radius 3 is 2.59 bits per heavy atom. The summed E-state index contributed by atoms with van der Waals surface area (Å²) in [4.78, 5) is 27.9. The van der Waals surface area contributed by atoms with E-state index in [2.05, 4.69) is 10.3 Å². The lowest BCUT2D eigenvalue weighted by Crippen LogP contribution is -2.40. The molecule has 0 saturated carbocycles. The van der Waals surface area contributed by atoms with Crippen molar-refractivity contribution in [1.82, 2.24) is 19.9 Å². The molecule has 0 spiro atoms. The third kappa shape index (κ3) is 3.94. The number of aryl methyl sites for hydroxylation is 1. The van der Waals surface area contributed by atoms with E-state index in [1.807, 2.05) is 72.5 Å². The quantitative estimate of drug-likeness (QED) is 0.493. The fourth-order valence-corrected chi connectivity index (χ4v) is 3.99. The first-order valence-electron chi connectivity index (χ1n) is 10.9. The van der Waals surface area contributed by atoms with E-state index >= 15 is 0 Å². The Hall–Kier alpha value is -3.71. The molecule has 1 aliphatic heterocycles. The lowest BCUT2D eigenvalue weighted by Gasteiger charge is -2.26. The van der Waals surface area contributed by atoms with E-state index in [1.54, 1.807) is 0 Å². The molecule has 2 aromatic carbocycles. The first-order valence-corrected chi connectivity index (χ1v) is 10.9. The number of nitrogens with one attached hydrogen (secondary N) is 2. The third-order valence-corrected chi connectivity index (χ3v) is 5.67. The topological polar surface area (TPSA) is 83.1 Å². The molecule has 0 unspecified atom stereocenters. The Balaban J connectivity index is 1.52. The number of H-pyrrole nitrogens is 1. The van der Waals surface area contributed by atoms with Gasteiger partial charge >= 0.3 is 0 Å². The van der Waals surface area contributed by atoms with E-state index in [0.717, 1.165) is 34.4 Å². The molecule has 1 aliphatic rings. The first-order chi connectivity index (χ1) is 15.7. The number of ether oxygens (including phenoxy) is 1. The van der Waals surface area contributed by atoms with Crippen LogP contribution in [0.2, 0.25) is 0 Å². The number of aromatic amines is 1. The summed E-state index contributed by atoms with van der Waals surface area (Å²) in [6, 6.07) is 19.7. The lowest BCUT2D eigenvalue weighted by molar-refractivity contribution is 0.0302. The fourth-order valence-electron chi connectivity index (χ4n) is 3.99. The molecule has 0 radical (unpaired) electrons. The van der Waals surface area contributed by atoms with Gasteiger partial charge in [-0.3, -0.25) is 4.79 Å². The zero-order valence-electron chi connectivity index (χ0n) is 18.0. The largest absolute Gasteiger partial charge is 0.378 e. The molecule has 3 heterocycles. The van der Waals surface area contributed by atoms with E-state index in [4.69, 9.17) is 14.7 Å². The van der Waals surface area contributed by atoms with Gasteiger partial charge in [-0.05, 0) is 24.6 Å². The Morgan fingerprint density at radius 1 is 1.06 bits per heavy atom. The number of carbonyl (C=O) groups is 1. The molecule has 2 N–H and O–H groups in total. The molecule has 7 nitrogen and oxygen atoms in total. The summed E-state index contributed by atoms with van der Waals surface area (Å²) < 4.78 is 5.39. The van der Waals surface area contributed by atoms with E-state index in [-0.39, 0.29) is 5.91 Å². The van der Waals surface area contributed by atoms with Gasteiger partial charge in [-0.2, -0.15) is 0 Å². The Kier molecular flexibility index (Phi) is 5.56. The normalized spacial score (nSPS) is 14.0. The Morgan fingerprint density at radius 2 is 1.81 bits per heavy atom. The summed E-state index contributed by atoms with van der Waals surface area (Å²) in [6.07, 6.45) is 0.729. The van der Waals surface area contributed by atoms with Crippen LogP contribution in [0.25, 0.3) is 22.3 Å². The maximum Gasteiger partial charge on any atom is 0.255 e. The number of nitrogens with zero attached hydrogens (tertiary/aromatic N) is 3. The van der Waals surface area contributed by atoms with Crippen molar-refractivity contribution < 1.29 is 9.53 Å². The van der Waals surface area contributed by atoms with Crippen LogP contribution < -0.4 is 5.32 Å².